The van der Waals surface area contributed by atoms with Gasteiger partial charge in [-0.2, -0.15) is 0 Å². The lowest BCUT2D eigenvalue weighted by atomic mass is 10.1. The van der Waals surface area contributed by atoms with Crippen molar-refractivity contribution >= 4 is 27.7 Å². The van der Waals surface area contributed by atoms with Gasteiger partial charge in [-0.3, -0.25) is 9.59 Å². The van der Waals surface area contributed by atoms with Gasteiger partial charge in [0.2, 0.25) is 5.91 Å². The molecule has 0 fully saturated rings. The van der Waals surface area contributed by atoms with E-state index in [4.69, 9.17) is 0 Å². The highest BCUT2D eigenvalue weighted by Gasteiger charge is 2.07. The normalized spacial score (nSPS) is 11.2. The summed E-state index contributed by atoms with van der Waals surface area (Å²) in [5.41, 5.74) is 5.59. The number of pyridine rings is 1. The monoisotopic (exact) mass is 359 g/mol. The van der Waals surface area contributed by atoms with Crippen LogP contribution in [0, 0.1) is 13.8 Å². The summed E-state index contributed by atoms with van der Waals surface area (Å²) in [7, 11) is 0. The fraction of sp³-hybridized carbons (Fsp3) is 0.182. The molecule has 0 atom stereocenters. The number of rotatable bonds is 4. The number of fused-ring (bicyclic) bond motifs is 2. The van der Waals surface area contributed by atoms with Crippen LogP contribution < -0.4 is 10.9 Å². The van der Waals surface area contributed by atoms with E-state index in [0.717, 1.165) is 38.6 Å². The first-order valence-corrected chi connectivity index (χ1v) is 8.95. The van der Waals surface area contributed by atoms with E-state index in [1.807, 2.05) is 43.3 Å². The van der Waals surface area contributed by atoms with Crippen molar-refractivity contribution in [3.63, 3.8) is 0 Å². The van der Waals surface area contributed by atoms with Crippen molar-refractivity contribution in [2.45, 2.75) is 26.8 Å². The van der Waals surface area contributed by atoms with Gasteiger partial charge in [-0.15, -0.1) is 0 Å². The van der Waals surface area contributed by atoms with Crippen molar-refractivity contribution in [3.8, 4) is 0 Å². The van der Waals surface area contributed by atoms with Crippen LogP contribution in [0.25, 0.3) is 21.8 Å². The number of aromatic nitrogens is 2. The molecule has 4 rings (SSSR count). The molecule has 5 nitrogen and oxygen atoms in total. The summed E-state index contributed by atoms with van der Waals surface area (Å²) in [5.74, 6) is -0.0270. The Hall–Kier alpha value is -3.34. The summed E-state index contributed by atoms with van der Waals surface area (Å²) in [6.45, 7) is 4.31. The smallest absolute Gasteiger partial charge is 0.251 e. The molecule has 1 amide bonds. The second-order valence-corrected chi connectivity index (χ2v) is 7.03. The molecule has 0 aliphatic heterocycles. The maximum atomic E-state index is 12.3. The lowest BCUT2D eigenvalue weighted by Crippen LogP contribution is -2.24. The Morgan fingerprint density at radius 1 is 0.889 bits per heavy atom. The standard InChI is InChI=1S/C22H21N3O2/c1-13-7-17-9-15(3-5-20(17)25-22(13)27)11-21(26)23-12-16-4-6-19-18(10-16)8-14(2)24-19/h3-10,24H,11-12H2,1-2H3,(H,23,26)(H,25,27). The van der Waals surface area contributed by atoms with Gasteiger partial charge in [-0.05, 0) is 72.1 Å². The first kappa shape index (κ1) is 17.1. The van der Waals surface area contributed by atoms with Crippen LogP contribution in [0.1, 0.15) is 22.4 Å². The molecule has 0 spiro atoms. The van der Waals surface area contributed by atoms with E-state index in [1.165, 1.54) is 0 Å². The molecule has 0 saturated heterocycles. The minimum atomic E-state index is -0.0809. The maximum absolute atomic E-state index is 12.3. The van der Waals surface area contributed by atoms with Crippen LogP contribution in [0.4, 0.5) is 0 Å². The highest BCUT2D eigenvalue weighted by atomic mass is 16.1. The Balaban J connectivity index is 1.44. The first-order chi connectivity index (χ1) is 13.0. The Labute approximate surface area is 156 Å². The zero-order chi connectivity index (χ0) is 19.0. The van der Waals surface area contributed by atoms with Crippen molar-refractivity contribution in [2.75, 3.05) is 0 Å². The van der Waals surface area contributed by atoms with Crippen LogP contribution in [0.5, 0.6) is 0 Å². The molecular weight excluding hydrogens is 338 g/mol. The molecule has 2 heterocycles. The third-order valence-corrected chi connectivity index (χ3v) is 4.77. The van der Waals surface area contributed by atoms with E-state index >= 15 is 0 Å². The summed E-state index contributed by atoms with van der Waals surface area (Å²) in [6, 6.07) is 15.8. The number of aromatic amines is 2. The van der Waals surface area contributed by atoms with Gasteiger partial charge in [0.05, 0.1) is 6.42 Å². The highest BCUT2D eigenvalue weighted by Crippen LogP contribution is 2.17. The number of carbonyl (C=O) groups excluding carboxylic acids is 1. The number of benzene rings is 2. The molecular formula is C22H21N3O2. The van der Waals surface area contributed by atoms with Crippen molar-refractivity contribution in [3.05, 3.63) is 81.3 Å². The summed E-state index contributed by atoms with van der Waals surface area (Å²) in [5, 5.41) is 5.07. The molecule has 0 radical (unpaired) electrons. The number of aryl methyl sites for hydroxylation is 2. The molecule has 136 valence electrons. The molecule has 2 aromatic carbocycles. The Morgan fingerprint density at radius 2 is 1.56 bits per heavy atom. The van der Waals surface area contributed by atoms with Crippen LogP contribution in [0.2, 0.25) is 0 Å². The Bertz CT molecular complexity index is 1220. The summed E-state index contributed by atoms with van der Waals surface area (Å²) >= 11 is 0. The average molecular weight is 359 g/mol. The van der Waals surface area contributed by atoms with Gasteiger partial charge >= 0.3 is 0 Å². The second kappa shape index (κ2) is 6.76. The highest BCUT2D eigenvalue weighted by molar-refractivity contribution is 5.84. The average Bonchev–Trinajstić information content (AvgIpc) is 3.00. The van der Waals surface area contributed by atoms with E-state index in [2.05, 4.69) is 27.4 Å². The van der Waals surface area contributed by atoms with Crippen molar-refractivity contribution in [1.82, 2.24) is 15.3 Å². The third-order valence-electron chi connectivity index (χ3n) is 4.77. The third kappa shape index (κ3) is 3.62. The topological polar surface area (TPSA) is 77.8 Å². The van der Waals surface area contributed by atoms with Crippen molar-refractivity contribution < 1.29 is 4.79 Å². The second-order valence-electron chi connectivity index (χ2n) is 7.03. The molecule has 0 aliphatic carbocycles. The molecule has 0 aliphatic rings. The summed E-state index contributed by atoms with van der Waals surface area (Å²) in [6.07, 6.45) is 0.305. The van der Waals surface area contributed by atoms with Gasteiger partial charge in [0, 0.05) is 28.8 Å². The van der Waals surface area contributed by atoms with Gasteiger partial charge < -0.3 is 15.3 Å². The summed E-state index contributed by atoms with van der Waals surface area (Å²) < 4.78 is 0. The van der Waals surface area contributed by atoms with Gasteiger partial charge in [-0.1, -0.05) is 12.1 Å². The number of H-pyrrole nitrogens is 2. The largest absolute Gasteiger partial charge is 0.359 e. The number of hydrogen-bond acceptors (Lipinski definition) is 2. The fourth-order valence-electron chi connectivity index (χ4n) is 3.36. The van der Waals surface area contributed by atoms with Crippen LogP contribution in [-0.2, 0) is 17.8 Å². The lowest BCUT2D eigenvalue weighted by molar-refractivity contribution is -0.120. The van der Waals surface area contributed by atoms with E-state index in [1.54, 1.807) is 6.92 Å². The lowest BCUT2D eigenvalue weighted by Gasteiger charge is -2.07. The van der Waals surface area contributed by atoms with Crippen LogP contribution >= 0.6 is 0 Å². The van der Waals surface area contributed by atoms with Gasteiger partial charge in [0.25, 0.3) is 5.56 Å². The molecule has 4 aromatic rings. The minimum Gasteiger partial charge on any atom is -0.359 e. The van der Waals surface area contributed by atoms with E-state index in [-0.39, 0.29) is 11.5 Å². The molecule has 0 saturated carbocycles. The Kier molecular flexibility index (Phi) is 4.28. The predicted molar refractivity (Wildman–Crippen MR) is 108 cm³/mol. The fourth-order valence-corrected chi connectivity index (χ4v) is 3.36. The molecule has 3 N–H and O–H groups in total. The van der Waals surface area contributed by atoms with Crippen molar-refractivity contribution in [1.29, 1.82) is 0 Å². The summed E-state index contributed by atoms with van der Waals surface area (Å²) in [4.78, 5) is 30.2. The zero-order valence-corrected chi connectivity index (χ0v) is 15.3. The number of nitrogens with one attached hydrogen (secondary N) is 3. The number of hydrogen-bond donors (Lipinski definition) is 3. The molecule has 0 bridgehead atoms. The predicted octanol–water partition coefficient (Wildman–Crippen LogP) is 3.49. The number of amides is 1. The first-order valence-electron chi connectivity index (χ1n) is 8.95. The molecule has 5 heteroatoms. The van der Waals surface area contributed by atoms with Gasteiger partial charge in [0.1, 0.15) is 0 Å². The Morgan fingerprint density at radius 3 is 2.37 bits per heavy atom. The molecule has 2 aromatic heterocycles. The van der Waals surface area contributed by atoms with Crippen molar-refractivity contribution in [2.24, 2.45) is 0 Å². The quantitative estimate of drug-likeness (QED) is 0.522. The molecule has 27 heavy (non-hydrogen) atoms. The number of carbonyl (C=O) groups is 1. The van der Waals surface area contributed by atoms with E-state index < -0.39 is 0 Å². The van der Waals surface area contributed by atoms with Gasteiger partial charge in [-0.25, -0.2) is 0 Å². The van der Waals surface area contributed by atoms with Gasteiger partial charge in [0.15, 0.2) is 0 Å². The zero-order valence-electron chi connectivity index (χ0n) is 15.3. The SMILES string of the molecule is Cc1cc2cc(CNC(=O)Cc3ccc4[nH]c(=O)c(C)cc4c3)ccc2[nH]1. The molecule has 0 unspecified atom stereocenters. The van der Waals surface area contributed by atoms with Crippen LogP contribution in [0.15, 0.2) is 53.3 Å². The van der Waals surface area contributed by atoms with Crippen LogP contribution in [-0.4, -0.2) is 15.9 Å². The maximum Gasteiger partial charge on any atom is 0.251 e. The minimum absolute atomic E-state index is 0.0270. The van der Waals surface area contributed by atoms with E-state index in [9.17, 15) is 9.59 Å². The van der Waals surface area contributed by atoms with E-state index in [0.29, 0.717) is 18.5 Å². The van der Waals surface area contributed by atoms with Crippen LogP contribution in [0.3, 0.4) is 0 Å².